The Kier molecular flexibility index (Phi) is 6.74. The van der Waals surface area contributed by atoms with Crippen LogP contribution in [0.25, 0.3) is 11.1 Å². The topological polar surface area (TPSA) is 123 Å². The predicted molar refractivity (Wildman–Crippen MR) is 128 cm³/mol. The van der Waals surface area contributed by atoms with Crippen LogP contribution in [0, 0.1) is 22.7 Å². The molecule has 0 bridgehead atoms. The number of piperidine rings is 1. The molecule has 2 aromatic carbocycles. The third kappa shape index (κ3) is 4.70. The van der Waals surface area contributed by atoms with Crippen molar-refractivity contribution in [1.29, 1.82) is 10.5 Å². The third-order valence-electron chi connectivity index (χ3n) is 6.69. The molecule has 7 nitrogen and oxygen atoms in total. The van der Waals surface area contributed by atoms with E-state index in [1.54, 1.807) is 19.1 Å². The molecular formula is C26H28N4O3S. The predicted octanol–water partition coefficient (Wildman–Crippen LogP) is 3.42. The monoisotopic (exact) mass is 476 g/mol. The van der Waals surface area contributed by atoms with Crippen molar-refractivity contribution < 1.29 is 13.2 Å². The van der Waals surface area contributed by atoms with E-state index in [4.69, 9.17) is 0 Å². The van der Waals surface area contributed by atoms with Crippen LogP contribution in [-0.4, -0.2) is 38.2 Å². The molecule has 1 heterocycles. The number of nitrogens with zero attached hydrogens (tertiary/aromatic N) is 2. The Bertz CT molecular complexity index is 1270. The highest BCUT2D eigenvalue weighted by molar-refractivity contribution is 7.91. The molecule has 1 amide bonds. The van der Waals surface area contributed by atoms with Crippen molar-refractivity contribution in [2.24, 2.45) is 0 Å². The second kappa shape index (κ2) is 9.58. The van der Waals surface area contributed by atoms with Crippen LogP contribution in [0.4, 0.5) is 0 Å². The zero-order valence-electron chi connectivity index (χ0n) is 19.2. The molecule has 8 heteroatoms. The minimum absolute atomic E-state index is 0.00506. The standard InChI is InChI=1S/C26H28N4O3S/c1-2-13-34(32,33)24-11-10-20(14-21(24)16-27)18-6-8-19(9-7-18)22-15-26(22,17-28)30-25(31)23-5-3-4-12-29-23/h6-11,14,22-23,29H,2-5,12-13,15H2,1H3,(H,30,31)/t22-,23-,26?/m0/s1. The summed E-state index contributed by atoms with van der Waals surface area (Å²) in [7, 11) is -3.49. The number of nitriles is 2. The fraction of sp³-hybridized carbons (Fsp3) is 0.423. The summed E-state index contributed by atoms with van der Waals surface area (Å²) in [5, 5.41) is 25.5. The first kappa shape index (κ1) is 23.9. The number of rotatable bonds is 7. The Hall–Kier alpha value is -3.20. The summed E-state index contributed by atoms with van der Waals surface area (Å²) < 4.78 is 24.9. The van der Waals surface area contributed by atoms with Gasteiger partial charge < -0.3 is 10.6 Å². The summed E-state index contributed by atoms with van der Waals surface area (Å²) in [6.45, 7) is 2.61. The van der Waals surface area contributed by atoms with Gasteiger partial charge in [0.2, 0.25) is 5.91 Å². The highest BCUT2D eigenvalue weighted by atomic mass is 32.2. The molecular weight excluding hydrogens is 448 g/mol. The Morgan fingerprint density at radius 3 is 2.50 bits per heavy atom. The molecule has 1 saturated carbocycles. The van der Waals surface area contributed by atoms with Crippen LogP contribution >= 0.6 is 0 Å². The van der Waals surface area contributed by atoms with E-state index < -0.39 is 15.4 Å². The number of carbonyl (C=O) groups excluding carboxylic acids is 1. The zero-order valence-corrected chi connectivity index (χ0v) is 20.0. The minimum atomic E-state index is -3.49. The van der Waals surface area contributed by atoms with Gasteiger partial charge in [-0.15, -0.1) is 0 Å². The highest BCUT2D eigenvalue weighted by Gasteiger charge is 2.57. The van der Waals surface area contributed by atoms with Gasteiger partial charge in [-0.05, 0) is 61.1 Å². The van der Waals surface area contributed by atoms with E-state index in [-0.39, 0.29) is 34.1 Å². The molecule has 2 fully saturated rings. The number of hydrogen-bond acceptors (Lipinski definition) is 6. The number of hydrogen-bond donors (Lipinski definition) is 2. The molecule has 2 N–H and O–H groups in total. The van der Waals surface area contributed by atoms with Gasteiger partial charge in [0.05, 0.1) is 28.3 Å². The van der Waals surface area contributed by atoms with E-state index in [9.17, 15) is 23.7 Å². The van der Waals surface area contributed by atoms with Crippen molar-refractivity contribution in [2.75, 3.05) is 12.3 Å². The van der Waals surface area contributed by atoms with Gasteiger partial charge in [0.15, 0.2) is 9.84 Å². The molecule has 1 aliphatic carbocycles. The zero-order chi connectivity index (χ0) is 24.3. The summed E-state index contributed by atoms with van der Waals surface area (Å²) in [5.74, 6) is -0.177. The van der Waals surface area contributed by atoms with Crippen molar-refractivity contribution in [3.63, 3.8) is 0 Å². The Morgan fingerprint density at radius 2 is 1.88 bits per heavy atom. The lowest BCUT2D eigenvalue weighted by Crippen LogP contribution is -2.50. The van der Waals surface area contributed by atoms with Gasteiger partial charge in [-0.1, -0.05) is 43.7 Å². The van der Waals surface area contributed by atoms with Crippen molar-refractivity contribution in [1.82, 2.24) is 10.6 Å². The van der Waals surface area contributed by atoms with Gasteiger partial charge in [0.25, 0.3) is 0 Å². The fourth-order valence-electron chi connectivity index (χ4n) is 4.69. The largest absolute Gasteiger partial charge is 0.336 e. The Balaban J connectivity index is 1.50. The number of nitrogens with one attached hydrogen (secondary N) is 2. The molecule has 3 atom stereocenters. The van der Waals surface area contributed by atoms with Crippen molar-refractivity contribution in [3.8, 4) is 23.3 Å². The third-order valence-corrected chi connectivity index (χ3v) is 8.66. The Morgan fingerprint density at radius 1 is 1.15 bits per heavy atom. The first-order chi connectivity index (χ1) is 16.3. The van der Waals surface area contributed by atoms with Gasteiger partial charge in [-0.3, -0.25) is 4.79 Å². The van der Waals surface area contributed by atoms with Crippen molar-refractivity contribution in [2.45, 2.75) is 61.4 Å². The molecule has 0 radical (unpaired) electrons. The van der Waals surface area contributed by atoms with Crippen LogP contribution in [0.15, 0.2) is 47.4 Å². The molecule has 2 aromatic rings. The number of benzene rings is 2. The lowest BCUT2D eigenvalue weighted by Gasteiger charge is -2.24. The maximum atomic E-state index is 12.6. The molecule has 176 valence electrons. The second-order valence-corrected chi connectivity index (χ2v) is 11.2. The van der Waals surface area contributed by atoms with Crippen molar-refractivity contribution in [3.05, 3.63) is 53.6 Å². The molecule has 34 heavy (non-hydrogen) atoms. The second-order valence-electron chi connectivity index (χ2n) is 9.10. The Labute approximate surface area is 200 Å². The van der Waals surface area contributed by atoms with E-state index in [1.165, 1.54) is 6.07 Å². The number of sulfone groups is 1. The van der Waals surface area contributed by atoms with E-state index in [0.29, 0.717) is 12.8 Å². The number of amides is 1. The van der Waals surface area contributed by atoms with Gasteiger partial charge in [0.1, 0.15) is 11.6 Å². The van der Waals surface area contributed by atoms with Gasteiger partial charge in [0, 0.05) is 5.92 Å². The SMILES string of the molecule is CCCS(=O)(=O)c1ccc(-c2ccc([C@@H]3CC3(C#N)NC(=O)[C@@H]3CCCCN3)cc2)cc1C#N. The summed E-state index contributed by atoms with van der Waals surface area (Å²) >= 11 is 0. The van der Waals surface area contributed by atoms with Gasteiger partial charge in [-0.25, -0.2) is 8.42 Å². The average molecular weight is 477 g/mol. The first-order valence-electron chi connectivity index (χ1n) is 11.7. The summed E-state index contributed by atoms with van der Waals surface area (Å²) in [5.41, 5.74) is 1.82. The molecule has 0 aromatic heterocycles. The normalized spacial score (nSPS) is 24.0. The minimum Gasteiger partial charge on any atom is -0.336 e. The van der Waals surface area contributed by atoms with E-state index in [2.05, 4.69) is 16.7 Å². The summed E-state index contributed by atoms with van der Waals surface area (Å²) in [6, 6.07) is 16.6. The van der Waals surface area contributed by atoms with Crippen LogP contribution in [0.2, 0.25) is 0 Å². The average Bonchev–Trinajstić information content (AvgIpc) is 3.58. The lowest BCUT2D eigenvalue weighted by atomic mass is 9.99. The van der Waals surface area contributed by atoms with Gasteiger partial charge >= 0.3 is 0 Å². The molecule has 1 saturated heterocycles. The van der Waals surface area contributed by atoms with Gasteiger partial charge in [-0.2, -0.15) is 10.5 Å². The lowest BCUT2D eigenvalue weighted by molar-refractivity contribution is -0.124. The molecule has 1 unspecified atom stereocenters. The molecule has 4 rings (SSSR count). The van der Waals surface area contributed by atoms with Crippen LogP contribution in [0.3, 0.4) is 0 Å². The first-order valence-corrected chi connectivity index (χ1v) is 13.3. The maximum Gasteiger partial charge on any atom is 0.238 e. The van der Waals surface area contributed by atoms with Crippen LogP contribution in [0.1, 0.15) is 56.1 Å². The van der Waals surface area contributed by atoms with E-state index in [0.717, 1.165) is 42.5 Å². The van der Waals surface area contributed by atoms with Crippen LogP contribution < -0.4 is 10.6 Å². The molecule has 0 spiro atoms. The van der Waals surface area contributed by atoms with E-state index in [1.807, 2.05) is 30.3 Å². The number of carbonyl (C=O) groups is 1. The summed E-state index contributed by atoms with van der Waals surface area (Å²) in [6.07, 6.45) is 3.92. The van der Waals surface area contributed by atoms with E-state index >= 15 is 0 Å². The maximum absolute atomic E-state index is 12.6. The van der Waals surface area contributed by atoms with Crippen molar-refractivity contribution >= 4 is 15.7 Å². The molecule has 1 aliphatic heterocycles. The molecule has 2 aliphatic rings. The quantitative estimate of drug-likeness (QED) is 0.631. The fourth-order valence-corrected chi connectivity index (χ4v) is 6.16. The summed E-state index contributed by atoms with van der Waals surface area (Å²) in [4.78, 5) is 12.7. The van der Waals surface area contributed by atoms with Crippen LogP contribution in [0.5, 0.6) is 0 Å². The highest BCUT2D eigenvalue weighted by Crippen LogP contribution is 2.51. The van der Waals surface area contributed by atoms with Crippen LogP contribution in [-0.2, 0) is 14.6 Å². The smallest absolute Gasteiger partial charge is 0.238 e.